The molecular formula is C13H17NO3S. The van der Waals surface area contributed by atoms with Crippen LogP contribution in [0, 0.1) is 5.92 Å². The maximum absolute atomic E-state index is 12.3. The molecule has 1 saturated heterocycles. The van der Waals surface area contributed by atoms with Crippen LogP contribution in [0.1, 0.15) is 34.8 Å². The molecule has 1 fully saturated rings. The van der Waals surface area contributed by atoms with E-state index >= 15 is 0 Å². The van der Waals surface area contributed by atoms with E-state index in [1.165, 1.54) is 16.2 Å². The molecule has 2 heterocycles. The van der Waals surface area contributed by atoms with Crippen molar-refractivity contribution in [1.29, 1.82) is 0 Å². The molecule has 0 spiro atoms. The molecule has 1 aromatic heterocycles. The Hall–Kier alpha value is -1.36. The van der Waals surface area contributed by atoms with Gasteiger partial charge >= 0.3 is 5.97 Å². The molecule has 98 valence electrons. The Labute approximate surface area is 110 Å². The van der Waals surface area contributed by atoms with Crippen LogP contribution in [0.15, 0.2) is 12.1 Å². The molecule has 0 aromatic carbocycles. The number of aryl methyl sites for hydroxylation is 1. The third kappa shape index (κ3) is 2.27. The maximum Gasteiger partial charge on any atom is 0.308 e. The molecular weight excluding hydrogens is 250 g/mol. The number of thiophene rings is 1. The lowest BCUT2D eigenvalue weighted by atomic mass is 10.0. The SMILES string of the molecule is CCc1ccc(C(=O)N2CCC(C(=O)O)C2C)s1. The van der Waals surface area contributed by atoms with E-state index in [1.54, 1.807) is 4.90 Å². The number of carboxylic acid groups (broad SMARTS) is 1. The first-order chi connectivity index (χ1) is 8.54. The average molecular weight is 267 g/mol. The van der Waals surface area contributed by atoms with Gasteiger partial charge in [-0.15, -0.1) is 11.3 Å². The summed E-state index contributed by atoms with van der Waals surface area (Å²) in [5.41, 5.74) is 0. The highest BCUT2D eigenvalue weighted by molar-refractivity contribution is 7.14. The van der Waals surface area contributed by atoms with Gasteiger partial charge < -0.3 is 10.0 Å². The Kier molecular flexibility index (Phi) is 3.71. The molecule has 0 aliphatic carbocycles. The van der Waals surface area contributed by atoms with Gasteiger partial charge in [0.2, 0.25) is 0 Å². The number of carbonyl (C=O) groups is 2. The van der Waals surface area contributed by atoms with Crippen LogP contribution in [0.3, 0.4) is 0 Å². The molecule has 4 nitrogen and oxygen atoms in total. The highest BCUT2D eigenvalue weighted by Crippen LogP contribution is 2.28. The molecule has 2 atom stereocenters. The summed E-state index contributed by atoms with van der Waals surface area (Å²) in [5, 5.41) is 9.06. The van der Waals surface area contributed by atoms with Crippen LogP contribution in [0.25, 0.3) is 0 Å². The molecule has 1 amide bonds. The van der Waals surface area contributed by atoms with Gasteiger partial charge in [0.1, 0.15) is 0 Å². The number of hydrogen-bond donors (Lipinski definition) is 1. The van der Waals surface area contributed by atoms with Gasteiger partial charge in [-0.25, -0.2) is 0 Å². The van der Waals surface area contributed by atoms with E-state index in [1.807, 2.05) is 19.1 Å². The van der Waals surface area contributed by atoms with Crippen LogP contribution in [-0.4, -0.2) is 34.5 Å². The minimum Gasteiger partial charge on any atom is -0.481 e. The van der Waals surface area contributed by atoms with Crippen LogP contribution < -0.4 is 0 Å². The van der Waals surface area contributed by atoms with E-state index in [2.05, 4.69) is 6.92 Å². The third-order valence-electron chi connectivity index (χ3n) is 3.55. The molecule has 1 aromatic rings. The molecule has 2 unspecified atom stereocenters. The zero-order valence-corrected chi connectivity index (χ0v) is 11.4. The quantitative estimate of drug-likeness (QED) is 0.913. The molecule has 0 bridgehead atoms. The molecule has 0 radical (unpaired) electrons. The van der Waals surface area contributed by atoms with Crippen molar-refractivity contribution in [3.05, 3.63) is 21.9 Å². The zero-order chi connectivity index (χ0) is 13.3. The van der Waals surface area contributed by atoms with Crippen LogP contribution in [0.4, 0.5) is 0 Å². The fourth-order valence-electron chi connectivity index (χ4n) is 2.38. The number of nitrogens with zero attached hydrogens (tertiary/aromatic N) is 1. The highest BCUT2D eigenvalue weighted by Gasteiger charge is 2.38. The van der Waals surface area contributed by atoms with Crippen molar-refractivity contribution in [3.8, 4) is 0 Å². The van der Waals surface area contributed by atoms with Crippen molar-refractivity contribution in [2.45, 2.75) is 32.7 Å². The number of aliphatic carboxylic acids is 1. The summed E-state index contributed by atoms with van der Waals surface area (Å²) >= 11 is 1.50. The minimum atomic E-state index is -0.807. The Morgan fingerprint density at radius 2 is 2.22 bits per heavy atom. The number of amides is 1. The average Bonchev–Trinajstić information content (AvgIpc) is 2.94. The van der Waals surface area contributed by atoms with E-state index in [-0.39, 0.29) is 11.9 Å². The van der Waals surface area contributed by atoms with Crippen LogP contribution in [-0.2, 0) is 11.2 Å². The lowest BCUT2D eigenvalue weighted by Gasteiger charge is -2.22. The van der Waals surface area contributed by atoms with Crippen molar-refractivity contribution in [2.24, 2.45) is 5.92 Å². The Bertz CT molecular complexity index is 469. The van der Waals surface area contributed by atoms with Gasteiger partial charge in [0.15, 0.2) is 0 Å². The molecule has 2 rings (SSSR count). The van der Waals surface area contributed by atoms with Crippen molar-refractivity contribution >= 4 is 23.2 Å². The predicted octanol–water partition coefficient (Wildman–Crippen LogP) is 2.25. The first kappa shape index (κ1) is 13.1. The second-order valence-electron chi connectivity index (χ2n) is 4.59. The van der Waals surface area contributed by atoms with Gasteiger partial charge in [-0.2, -0.15) is 0 Å². The lowest BCUT2D eigenvalue weighted by Crippen LogP contribution is -2.37. The molecule has 1 N–H and O–H groups in total. The van der Waals surface area contributed by atoms with E-state index in [0.29, 0.717) is 17.8 Å². The van der Waals surface area contributed by atoms with Crippen molar-refractivity contribution in [1.82, 2.24) is 4.90 Å². The van der Waals surface area contributed by atoms with E-state index < -0.39 is 11.9 Å². The molecule has 1 aliphatic rings. The second-order valence-corrected chi connectivity index (χ2v) is 5.76. The number of likely N-dealkylation sites (tertiary alicyclic amines) is 1. The summed E-state index contributed by atoms with van der Waals surface area (Å²) in [4.78, 5) is 26.9. The molecule has 18 heavy (non-hydrogen) atoms. The summed E-state index contributed by atoms with van der Waals surface area (Å²) in [6.45, 7) is 4.41. The van der Waals surface area contributed by atoms with Gasteiger partial charge in [-0.1, -0.05) is 6.92 Å². The van der Waals surface area contributed by atoms with Gasteiger partial charge in [0.05, 0.1) is 10.8 Å². The highest BCUT2D eigenvalue weighted by atomic mass is 32.1. The standard InChI is InChI=1S/C13H17NO3S/c1-3-9-4-5-11(18-9)12(15)14-7-6-10(8(14)2)13(16)17/h4-5,8,10H,3,6-7H2,1-2H3,(H,16,17). The van der Waals surface area contributed by atoms with Crippen LogP contribution >= 0.6 is 11.3 Å². The van der Waals surface area contributed by atoms with Crippen LogP contribution in [0.2, 0.25) is 0 Å². The molecule has 1 aliphatic heterocycles. The largest absolute Gasteiger partial charge is 0.481 e. The summed E-state index contributed by atoms with van der Waals surface area (Å²) < 4.78 is 0. The monoisotopic (exact) mass is 267 g/mol. The fourth-order valence-corrected chi connectivity index (χ4v) is 3.28. The van der Waals surface area contributed by atoms with Gasteiger partial charge in [-0.05, 0) is 31.9 Å². The van der Waals surface area contributed by atoms with Gasteiger partial charge in [0, 0.05) is 17.5 Å². The Morgan fingerprint density at radius 1 is 1.50 bits per heavy atom. The Morgan fingerprint density at radius 3 is 2.72 bits per heavy atom. The second kappa shape index (κ2) is 5.10. The number of rotatable bonds is 3. The number of hydrogen-bond acceptors (Lipinski definition) is 3. The first-order valence-electron chi connectivity index (χ1n) is 6.17. The summed E-state index contributed by atoms with van der Waals surface area (Å²) in [6.07, 6.45) is 1.47. The predicted molar refractivity (Wildman–Crippen MR) is 69.9 cm³/mol. The van der Waals surface area contributed by atoms with E-state index in [9.17, 15) is 9.59 Å². The minimum absolute atomic E-state index is 0.0315. The van der Waals surface area contributed by atoms with E-state index in [4.69, 9.17) is 5.11 Å². The van der Waals surface area contributed by atoms with Crippen LogP contribution in [0.5, 0.6) is 0 Å². The first-order valence-corrected chi connectivity index (χ1v) is 6.98. The van der Waals surface area contributed by atoms with Crippen molar-refractivity contribution in [3.63, 3.8) is 0 Å². The van der Waals surface area contributed by atoms with Gasteiger partial charge in [0.25, 0.3) is 5.91 Å². The van der Waals surface area contributed by atoms with Crippen molar-refractivity contribution < 1.29 is 14.7 Å². The topological polar surface area (TPSA) is 57.6 Å². The Balaban J connectivity index is 2.13. The van der Waals surface area contributed by atoms with E-state index in [0.717, 1.165) is 6.42 Å². The third-order valence-corrected chi connectivity index (χ3v) is 4.77. The molecule has 5 heteroatoms. The zero-order valence-electron chi connectivity index (χ0n) is 10.5. The summed E-state index contributed by atoms with van der Waals surface area (Å²) in [5.74, 6) is -1.27. The fraction of sp³-hybridized carbons (Fsp3) is 0.538. The number of carboxylic acids is 1. The number of carbonyl (C=O) groups excluding carboxylic acids is 1. The summed E-state index contributed by atoms with van der Waals surface area (Å²) in [7, 11) is 0. The van der Waals surface area contributed by atoms with Crippen molar-refractivity contribution in [2.75, 3.05) is 6.54 Å². The summed E-state index contributed by atoms with van der Waals surface area (Å²) in [6, 6.07) is 3.59. The van der Waals surface area contributed by atoms with Gasteiger partial charge in [-0.3, -0.25) is 9.59 Å². The maximum atomic E-state index is 12.3. The smallest absolute Gasteiger partial charge is 0.308 e. The molecule has 0 saturated carbocycles. The normalized spacial score (nSPS) is 23.3. The lowest BCUT2D eigenvalue weighted by molar-refractivity contribution is -0.142.